The van der Waals surface area contributed by atoms with Crippen LogP contribution in [0.25, 0.3) is 11.1 Å². The molecule has 2 rings (SSSR count). The molecule has 2 aromatic rings. The van der Waals surface area contributed by atoms with Crippen molar-refractivity contribution < 1.29 is 24.0 Å². The third-order valence-electron chi connectivity index (χ3n) is 2.98. The summed E-state index contributed by atoms with van der Waals surface area (Å²) in [7, 11) is 0. The summed E-state index contributed by atoms with van der Waals surface area (Å²) >= 11 is 0. The number of amides is 1. The first-order chi connectivity index (χ1) is 11.4. The Balaban J connectivity index is 2.64. The average Bonchev–Trinajstić information content (AvgIpc) is 2.53. The van der Waals surface area contributed by atoms with Gasteiger partial charge in [0.1, 0.15) is 23.3 Å². The van der Waals surface area contributed by atoms with Gasteiger partial charge in [-0.05, 0) is 17.7 Å². The summed E-state index contributed by atoms with van der Waals surface area (Å²) in [6, 6.07) is 9.07. The van der Waals surface area contributed by atoms with Gasteiger partial charge in [0.25, 0.3) is 5.69 Å². The van der Waals surface area contributed by atoms with Crippen LogP contribution in [0.3, 0.4) is 0 Å². The van der Waals surface area contributed by atoms with Crippen LogP contribution in [0, 0.1) is 27.3 Å². The molecule has 0 spiro atoms. The van der Waals surface area contributed by atoms with Gasteiger partial charge >= 0.3 is 6.09 Å². The molecular formula is C15H10FN3O5. The Morgan fingerprint density at radius 3 is 2.58 bits per heavy atom. The van der Waals surface area contributed by atoms with Gasteiger partial charge in [-0.2, -0.15) is 5.26 Å². The summed E-state index contributed by atoms with van der Waals surface area (Å²) in [5.74, 6) is -0.436. The van der Waals surface area contributed by atoms with Gasteiger partial charge in [0.2, 0.25) is 0 Å². The monoisotopic (exact) mass is 331 g/mol. The van der Waals surface area contributed by atoms with E-state index in [0.29, 0.717) is 5.56 Å². The van der Waals surface area contributed by atoms with Crippen molar-refractivity contribution in [3.63, 3.8) is 0 Å². The lowest BCUT2D eigenvalue weighted by molar-refractivity contribution is -0.383. The highest BCUT2D eigenvalue weighted by atomic mass is 19.1. The molecule has 0 bridgehead atoms. The second kappa shape index (κ2) is 7.06. The molecule has 122 valence electrons. The van der Waals surface area contributed by atoms with Crippen molar-refractivity contribution >= 4 is 17.5 Å². The van der Waals surface area contributed by atoms with Gasteiger partial charge in [-0.15, -0.1) is 0 Å². The number of anilines is 1. The van der Waals surface area contributed by atoms with Crippen LogP contribution >= 0.6 is 0 Å². The Labute approximate surface area is 134 Å². The standard InChI is InChI=1S/C15H10FN3O5/c16-10-3-1-9(2-4-10)11-7-13(19(22)23)12(18-15(20)21)8-14(11)24-6-5-17/h1-4,7-8,18H,6H2,(H,20,21). The van der Waals surface area contributed by atoms with E-state index in [9.17, 15) is 19.3 Å². The molecule has 0 aromatic heterocycles. The van der Waals surface area contributed by atoms with Crippen LogP contribution in [0.1, 0.15) is 0 Å². The molecular weight excluding hydrogens is 321 g/mol. The van der Waals surface area contributed by atoms with Gasteiger partial charge in [-0.1, -0.05) is 12.1 Å². The summed E-state index contributed by atoms with van der Waals surface area (Å²) < 4.78 is 18.3. The van der Waals surface area contributed by atoms with Crippen molar-refractivity contribution in [3.05, 3.63) is 52.3 Å². The molecule has 8 nitrogen and oxygen atoms in total. The Kier molecular flexibility index (Phi) is 4.91. The molecule has 0 radical (unpaired) electrons. The van der Waals surface area contributed by atoms with Crippen LogP contribution in [0.4, 0.5) is 20.6 Å². The number of carbonyl (C=O) groups is 1. The van der Waals surface area contributed by atoms with E-state index in [4.69, 9.17) is 15.1 Å². The number of nitriles is 1. The normalized spacial score (nSPS) is 9.83. The van der Waals surface area contributed by atoms with Gasteiger partial charge in [0, 0.05) is 17.7 Å². The Morgan fingerprint density at radius 2 is 2.04 bits per heavy atom. The van der Waals surface area contributed by atoms with Gasteiger partial charge in [-0.25, -0.2) is 9.18 Å². The lowest BCUT2D eigenvalue weighted by Gasteiger charge is -2.12. The van der Waals surface area contributed by atoms with Crippen LogP contribution in [0.2, 0.25) is 0 Å². The summed E-state index contributed by atoms with van der Waals surface area (Å²) in [6.07, 6.45) is -1.49. The van der Waals surface area contributed by atoms with Gasteiger partial charge in [0.15, 0.2) is 6.61 Å². The number of nitro groups is 1. The maximum absolute atomic E-state index is 13.1. The van der Waals surface area contributed by atoms with Crippen LogP contribution in [-0.2, 0) is 0 Å². The van der Waals surface area contributed by atoms with E-state index in [-0.39, 0.29) is 23.6 Å². The zero-order valence-corrected chi connectivity index (χ0v) is 12.0. The fraction of sp³-hybridized carbons (Fsp3) is 0.0667. The number of benzene rings is 2. The van der Waals surface area contributed by atoms with E-state index >= 15 is 0 Å². The minimum atomic E-state index is -1.49. The minimum Gasteiger partial charge on any atom is -0.478 e. The third kappa shape index (κ3) is 3.75. The molecule has 2 aromatic carbocycles. The van der Waals surface area contributed by atoms with E-state index in [1.54, 1.807) is 6.07 Å². The van der Waals surface area contributed by atoms with Crippen molar-refractivity contribution in [2.45, 2.75) is 0 Å². The molecule has 0 heterocycles. The summed E-state index contributed by atoms with van der Waals surface area (Å²) in [5.41, 5.74) is -0.158. The number of rotatable bonds is 5. The van der Waals surface area contributed by atoms with Gasteiger partial charge in [-0.3, -0.25) is 15.4 Å². The predicted octanol–water partition coefficient (Wildman–Crippen LogP) is 3.39. The zero-order chi connectivity index (χ0) is 17.7. The second-order valence-electron chi connectivity index (χ2n) is 4.51. The number of hydrogen-bond donors (Lipinski definition) is 2. The summed E-state index contributed by atoms with van der Waals surface area (Å²) in [6.45, 7) is -0.349. The third-order valence-corrected chi connectivity index (χ3v) is 2.98. The molecule has 9 heteroatoms. The van der Waals surface area contributed by atoms with Gasteiger partial charge in [0.05, 0.1) is 4.92 Å². The van der Waals surface area contributed by atoms with Crippen molar-refractivity contribution in [2.24, 2.45) is 0 Å². The molecule has 0 atom stereocenters. The molecule has 0 aliphatic rings. The number of ether oxygens (including phenoxy) is 1. The average molecular weight is 331 g/mol. The molecule has 0 aliphatic carbocycles. The summed E-state index contributed by atoms with van der Waals surface area (Å²) in [4.78, 5) is 21.2. The number of halogens is 1. The van der Waals surface area contributed by atoms with Crippen molar-refractivity contribution in [1.82, 2.24) is 0 Å². The van der Waals surface area contributed by atoms with E-state index in [1.165, 1.54) is 24.3 Å². The highest BCUT2D eigenvalue weighted by molar-refractivity contribution is 5.89. The highest BCUT2D eigenvalue weighted by Gasteiger charge is 2.21. The fourth-order valence-electron chi connectivity index (χ4n) is 2.02. The quantitative estimate of drug-likeness (QED) is 0.639. The van der Waals surface area contributed by atoms with E-state index in [1.807, 2.05) is 5.32 Å². The first kappa shape index (κ1) is 16.7. The van der Waals surface area contributed by atoms with E-state index in [0.717, 1.165) is 12.1 Å². The Bertz CT molecular complexity index is 830. The highest BCUT2D eigenvalue weighted by Crippen LogP contribution is 2.39. The van der Waals surface area contributed by atoms with Crippen molar-refractivity contribution in [3.8, 4) is 22.9 Å². The van der Waals surface area contributed by atoms with Crippen LogP contribution < -0.4 is 10.1 Å². The molecule has 0 saturated carbocycles. The molecule has 0 aliphatic heterocycles. The fourth-order valence-corrected chi connectivity index (χ4v) is 2.02. The van der Waals surface area contributed by atoms with Crippen molar-refractivity contribution in [1.29, 1.82) is 5.26 Å². The zero-order valence-electron chi connectivity index (χ0n) is 12.0. The lowest BCUT2D eigenvalue weighted by Crippen LogP contribution is -2.10. The van der Waals surface area contributed by atoms with Crippen LogP contribution in [0.15, 0.2) is 36.4 Å². The number of nitro benzene ring substituents is 1. The molecule has 24 heavy (non-hydrogen) atoms. The van der Waals surface area contributed by atoms with E-state index in [2.05, 4.69) is 0 Å². The second-order valence-corrected chi connectivity index (χ2v) is 4.51. The topological polar surface area (TPSA) is 125 Å². The summed E-state index contributed by atoms with van der Waals surface area (Å²) in [5, 5.41) is 30.5. The van der Waals surface area contributed by atoms with E-state index < -0.39 is 22.5 Å². The Hall–Kier alpha value is -3.67. The molecule has 2 N–H and O–H groups in total. The maximum Gasteiger partial charge on any atom is 0.409 e. The smallest absolute Gasteiger partial charge is 0.409 e. The molecule has 0 saturated heterocycles. The number of nitrogens with one attached hydrogen (secondary N) is 1. The molecule has 0 fully saturated rings. The number of hydrogen-bond acceptors (Lipinski definition) is 5. The van der Waals surface area contributed by atoms with Crippen molar-refractivity contribution in [2.75, 3.05) is 11.9 Å². The number of nitrogens with zero attached hydrogens (tertiary/aromatic N) is 2. The van der Waals surface area contributed by atoms with Crippen LogP contribution in [0.5, 0.6) is 5.75 Å². The molecule has 0 unspecified atom stereocenters. The predicted molar refractivity (Wildman–Crippen MR) is 81.2 cm³/mol. The first-order valence-electron chi connectivity index (χ1n) is 6.50. The first-order valence-corrected chi connectivity index (χ1v) is 6.50. The largest absolute Gasteiger partial charge is 0.478 e. The van der Waals surface area contributed by atoms with Gasteiger partial charge < -0.3 is 9.84 Å². The Morgan fingerprint density at radius 1 is 1.38 bits per heavy atom. The van der Waals surface area contributed by atoms with Crippen LogP contribution in [-0.4, -0.2) is 22.7 Å². The SMILES string of the molecule is N#CCOc1cc(NC(=O)O)c([N+](=O)[O-])cc1-c1ccc(F)cc1. The lowest BCUT2D eigenvalue weighted by atomic mass is 10.0. The minimum absolute atomic E-state index is 0.0532. The maximum atomic E-state index is 13.1. The number of carboxylic acid groups (broad SMARTS) is 1. The molecule has 1 amide bonds.